The monoisotopic (exact) mass is 478 g/mol. The number of ether oxygens (including phenoxy) is 1. The summed E-state index contributed by atoms with van der Waals surface area (Å²) in [5.74, 6) is 1.69. The van der Waals surface area contributed by atoms with Crippen molar-refractivity contribution in [2.24, 2.45) is 4.99 Å². The molecule has 2 aromatic carbocycles. The van der Waals surface area contributed by atoms with Gasteiger partial charge in [-0.25, -0.2) is 0 Å². The van der Waals surface area contributed by atoms with Gasteiger partial charge in [-0.2, -0.15) is 5.26 Å². The van der Waals surface area contributed by atoms with Gasteiger partial charge < -0.3 is 15.4 Å². The minimum atomic E-state index is 0. The van der Waals surface area contributed by atoms with Crippen molar-refractivity contribution in [1.82, 2.24) is 10.6 Å². The third-order valence-electron chi connectivity index (χ3n) is 4.11. The van der Waals surface area contributed by atoms with Crippen molar-refractivity contribution in [3.8, 4) is 11.8 Å². The number of nitrogens with zero attached hydrogens (tertiary/aromatic N) is 2. The summed E-state index contributed by atoms with van der Waals surface area (Å²) < 4.78 is 5.17. The Morgan fingerprint density at radius 3 is 2.26 bits per heavy atom. The van der Waals surface area contributed by atoms with Gasteiger partial charge in [0.25, 0.3) is 0 Å². The van der Waals surface area contributed by atoms with E-state index in [0.717, 1.165) is 43.1 Å². The lowest BCUT2D eigenvalue weighted by Gasteiger charge is -2.12. The van der Waals surface area contributed by atoms with Gasteiger partial charge in [-0.15, -0.1) is 24.0 Å². The second kappa shape index (κ2) is 13.0. The fourth-order valence-electron chi connectivity index (χ4n) is 2.56. The van der Waals surface area contributed by atoms with E-state index in [0.29, 0.717) is 12.1 Å². The van der Waals surface area contributed by atoms with Crippen LogP contribution in [0.1, 0.15) is 29.5 Å². The SMILES string of the molecule is CN=C(NCCCCc1ccc(OC)cc1)NCc1ccc(C#N)cc1.I. The van der Waals surface area contributed by atoms with Crippen molar-refractivity contribution in [2.45, 2.75) is 25.8 Å². The highest BCUT2D eigenvalue weighted by atomic mass is 127. The third kappa shape index (κ3) is 8.31. The molecule has 0 atom stereocenters. The minimum Gasteiger partial charge on any atom is -0.497 e. The Morgan fingerprint density at radius 2 is 1.67 bits per heavy atom. The second-order valence-corrected chi connectivity index (χ2v) is 5.97. The normalized spacial score (nSPS) is 10.5. The van der Waals surface area contributed by atoms with Crippen LogP contribution in [0.2, 0.25) is 0 Å². The molecule has 0 saturated heterocycles. The summed E-state index contributed by atoms with van der Waals surface area (Å²) in [4.78, 5) is 4.24. The Bertz CT molecular complexity index is 736. The van der Waals surface area contributed by atoms with Crippen LogP contribution in [0.3, 0.4) is 0 Å². The maximum Gasteiger partial charge on any atom is 0.191 e. The molecule has 0 spiro atoms. The summed E-state index contributed by atoms with van der Waals surface area (Å²) in [7, 11) is 3.45. The van der Waals surface area contributed by atoms with Crippen molar-refractivity contribution in [1.29, 1.82) is 5.26 Å². The molecule has 2 N–H and O–H groups in total. The van der Waals surface area contributed by atoms with Gasteiger partial charge in [-0.3, -0.25) is 4.99 Å². The predicted molar refractivity (Wildman–Crippen MR) is 121 cm³/mol. The highest BCUT2D eigenvalue weighted by molar-refractivity contribution is 14.0. The van der Waals surface area contributed by atoms with Crippen molar-refractivity contribution in [3.63, 3.8) is 0 Å². The molecule has 0 bridgehead atoms. The third-order valence-corrected chi connectivity index (χ3v) is 4.11. The number of nitrogens with one attached hydrogen (secondary N) is 2. The smallest absolute Gasteiger partial charge is 0.191 e. The zero-order chi connectivity index (χ0) is 18.6. The molecule has 0 saturated carbocycles. The van der Waals surface area contributed by atoms with Gasteiger partial charge in [-0.1, -0.05) is 24.3 Å². The van der Waals surface area contributed by atoms with Crippen LogP contribution in [0.25, 0.3) is 0 Å². The number of rotatable bonds is 8. The maximum absolute atomic E-state index is 8.82. The number of methoxy groups -OCH3 is 1. The van der Waals surface area contributed by atoms with Gasteiger partial charge in [-0.05, 0) is 54.7 Å². The van der Waals surface area contributed by atoms with Crippen LogP contribution in [0.15, 0.2) is 53.5 Å². The zero-order valence-electron chi connectivity index (χ0n) is 15.9. The molecule has 0 aliphatic carbocycles. The Balaban J connectivity index is 0.00000364. The molecule has 0 aliphatic heterocycles. The Labute approximate surface area is 178 Å². The fraction of sp³-hybridized carbons (Fsp3) is 0.333. The predicted octanol–water partition coefficient (Wildman–Crippen LogP) is 3.87. The van der Waals surface area contributed by atoms with E-state index in [4.69, 9.17) is 10.00 Å². The molecule has 0 heterocycles. The molecule has 0 radical (unpaired) electrons. The first-order valence-electron chi connectivity index (χ1n) is 8.81. The number of unbranched alkanes of at least 4 members (excludes halogenated alkanes) is 1. The number of hydrogen-bond donors (Lipinski definition) is 2. The zero-order valence-corrected chi connectivity index (χ0v) is 18.2. The van der Waals surface area contributed by atoms with Crippen molar-refractivity contribution in [3.05, 3.63) is 65.2 Å². The second-order valence-electron chi connectivity index (χ2n) is 5.97. The number of nitriles is 1. The van der Waals surface area contributed by atoms with E-state index >= 15 is 0 Å². The van der Waals surface area contributed by atoms with Crippen LogP contribution in [0, 0.1) is 11.3 Å². The van der Waals surface area contributed by atoms with E-state index < -0.39 is 0 Å². The van der Waals surface area contributed by atoms with Gasteiger partial charge in [0, 0.05) is 20.1 Å². The summed E-state index contributed by atoms with van der Waals surface area (Å²) in [6, 6.07) is 17.9. The molecule has 0 unspecified atom stereocenters. The Kier molecular flexibility index (Phi) is 10.9. The first-order valence-corrected chi connectivity index (χ1v) is 8.81. The summed E-state index contributed by atoms with van der Waals surface area (Å²) in [6.07, 6.45) is 3.25. The molecular formula is C21H27IN4O. The lowest BCUT2D eigenvalue weighted by atomic mass is 10.1. The number of benzene rings is 2. The number of aryl methyl sites for hydroxylation is 1. The van der Waals surface area contributed by atoms with Crippen LogP contribution in [-0.4, -0.2) is 26.7 Å². The molecule has 2 rings (SSSR count). The van der Waals surface area contributed by atoms with Gasteiger partial charge >= 0.3 is 0 Å². The van der Waals surface area contributed by atoms with Crippen LogP contribution in [0.5, 0.6) is 5.75 Å². The summed E-state index contributed by atoms with van der Waals surface area (Å²) in [5.41, 5.74) is 3.12. The highest BCUT2D eigenvalue weighted by Crippen LogP contribution is 2.13. The van der Waals surface area contributed by atoms with E-state index in [1.54, 1.807) is 14.2 Å². The van der Waals surface area contributed by atoms with Crippen molar-refractivity contribution < 1.29 is 4.74 Å². The molecular weight excluding hydrogens is 451 g/mol. The quantitative estimate of drug-likeness (QED) is 0.262. The lowest BCUT2D eigenvalue weighted by Crippen LogP contribution is -2.37. The first-order chi connectivity index (χ1) is 12.7. The van der Waals surface area contributed by atoms with E-state index in [-0.39, 0.29) is 24.0 Å². The topological polar surface area (TPSA) is 69.4 Å². The number of halogens is 1. The molecule has 5 nitrogen and oxygen atoms in total. The number of aliphatic imine (C=N–C) groups is 1. The van der Waals surface area contributed by atoms with Crippen LogP contribution in [-0.2, 0) is 13.0 Å². The minimum absolute atomic E-state index is 0. The van der Waals surface area contributed by atoms with Crippen molar-refractivity contribution >= 4 is 29.9 Å². The average molecular weight is 478 g/mol. The lowest BCUT2D eigenvalue weighted by molar-refractivity contribution is 0.414. The van der Waals surface area contributed by atoms with Gasteiger partial charge in [0.05, 0.1) is 18.7 Å². The molecule has 0 amide bonds. The summed E-state index contributed by atoms with van der Waals surface area (Å²) in [6.45, 7) is 1.56. The number of guanidine groups is 1. The molecule has 0 aliphatic rings. The van der Waals surface area contributed by atoms with Gasteiger partial charge in [0.2, 0.25) is 0 Å². The largest absolute Gasteiger partial charge is 0.497 e. The average Bonchev–Trinajstić information content (AvgIpc) is 2.71. The van der Waals surface area contributed by atoms with Gasteiger partial charge in [0.1, 0.15) is 5.75 Å². The molecule has 27 heavy (non-hydrogen) atoms. The van der Waals surface area contributed by atoms with Crippen LogP contribution < -0.4 is 15.4 Å². The number of hydrogen-bond acceptors (Lipinski definition) is 3. The summed E-state index contributed by atoms with van der Waals surface area (Å²) in [5, 5.41) is 15.4. The Hall–Kier alpha value is -2.27. The van der Waals surface area contributed by atoms with Crippen molar-refractivity contribution in [2.75, 3.05) is 20.7 Å². The molecule has 0 aromatic heterocycles. The van der Waals surface area contributed by atoms with E-state index in [1.807, 2.05) is 36.4 Å². The summed E-state index contributed by atoms with van der Waals surface area (Å²) >= 11 is 0. The Morgan fingerprint density at radius 1 is 1.00 bits per heavy atom. The first kappa shape index (κ1) is 22.8. The van der Waals surface area contributed by atoms with E-state index in [2.05, 4.69) is 33.8 Å². The maximum atomic E-state index is 8.82. The van der Waals surface area contributed by atoms with E-state index in [1.165, 1.54) is 5.56 Å². The van der Waals surface area contributed by atoms with E-state index in [9.17, 15) is 0 Å². The van der Waals surface area contributed by atoms with Crippen LogP contribution >= 0.6 is 24.0 Å². The van der Waals surface area contributed by atoms with Crippen LogP contribution in [0.4, 0.5) is 0 Å². The highest BCUT2D eigenvalue weighted by Gasteiger charge is 2.00. The van der Waals surface area contributed by atoms with Gasteiger partial charge in [0.15, 0.2) is 5.96 Å². The fourth-order valence-corrected chi connectivity index (χ4v) is 2.56. The molecule has 6 heteroatoms. The standard InChI is InChI=1S/C21H26N4O.HI/c1-23-21(25-16-19-8-6-18(15-22)7-9-19)24-14-4-3-5-17-10-12-20(26-2)13-11-17;/h6-13H,3-5,14,16H2,1-2H3,(H2,23,24,25);1H. The molecule has 144 valence electrons. The molecule has 2 aromatic rings. The molecule has 0 fully saturated rings.